The van der Waals surface area contributed by atoms with Gasteiger partial charge in [-0.1, -0.05) is 42.2 Å². The van der Waals surface area contributed by atoms with E-state index >= 15 is 0 Å². The summed E-state index contributed by atoms with van der Waals surface area (Å²) in [5, 5.41) is 17.0. The monoisotopic (exact) mass is 459 g/mol. The molecule has 1 aromatic heterocycles. The average Bonchev–Trinajstić information content (AvgIpc) is 2.78. The molecule has 1 heterocycles. The van der Waals surface area contributed by atoms with Gasteiger partial charge in [0.25, 0.3) is 5.91 Å². The molecule has 8 nitrogen and oxygen atoms in total. The zero-order chi connectivity index (χ0) is 23.5. The molecule has 0 radical (unpaired) electrons. The Balaban J connectivity index is 0.00000385. The van der Waals surface area contributed by atoms with E-state index in [1.165, 1.54) is 37.4 Å². The van der Waals surface area contributed by atoms with Crippen LogP contribution in [0.2, 0.25) is 0 Å². The SMILES string of the molecule is C/C(=C(\F)C(=O)Nc1ccc(-c2ccccc2S(N)(=O)=O)cn1)c1cccc(C(=[N-])N)c1.[Li+]. The summed E-state index contributed by atoms with van der Waals surface area (Å²) in [7, 11) is -3.94. The molecule has 3 rings (SSSR count). The first-order valence-corrected chi connectivity index (χ1v) is 10.8. The van der Waals surface area contributed by atoms with Crippen LogP contribution >= 0.6 is 0 Å². The van der Waals surface area contributed by atoms with Gasteiger partial charge in [-0.3, -0.25) is 4.79 Å². The molecule has 0 fully saturated rings. The number of carbonyl (C=O) groups is 1. The standard InChI is InChI=1S/C22H19FN5O3S.Li/c1-13(14-5-4-6-15(11-14)21(24)25)20(23)22(29)28-19-10-9-16(12-27-19)17-7-2-3-8-18(17)32(26,30)31;/h2-12H,1H3,(H5-,24,25,26,27,28,29,30,31);/q-1;+1/b20-13+;. The van der Waals surface area contributed by atoms with Crippen molar-refractivity contribution < 1.29 is 36.5 Å². The molecule has 0 aliphatic heterocycles. The summed E-state index contributed by atoms with van der Waals surface area (Å²) < 4.78 is 38.3. The average molecular weight is 459 g/mol. The number of rotatable bonds is 6. The smallest absolute Gasteiger partial charge is 0.494 e. The van der Waals surface area contributed by atoms with Crippen molar-refractivity contribution in [2.45, 2.75) is 11.8 Å². The minimum Gasteiger partial charge on any atom is -0.494 e. The van der Waals surface area contributed by atoms with Crippen LogP contribution in [0.1, 0.15) is 18.1 Å². The number of anilines is 1. The summed E-state index contributed by atoms with van der Waals surface area (Å²) in [6, 6.07) is 15.2. The van der Waals surface area contributed by atoms with Crippen LogP contribution < -0.4 is 35.1 Å². The molecule has 1 amide bonds. The van der Waals surface area contributed by atoms with E-state index in [0.717, 1.165) is 0 Å². The molecule has 0 spiro atoms. The van der Waals surface area contributed by atoms with E-state index in [1.807, 2.05) is 0 Å². The third-order valence-electron chi connectivity index (χ3n) is 4.63. The first-order chi connectivity index (χ1) is 15.1. The summed E-state index contributed by atoms with van der Waals surface area (Å²) in [5.74, 6) is -2.41. The Kier molecular flexibility index (Phi) is 8.30. The molecule has 0 saturated carbocycles. The minimum atomic E-state index is -3.94. The van der Waals surface area contributed by atoms with Crippen molar-refractivity contribution in [1.29, 1.82) is 0 Å². The van der Waals surface area contributed by atoms with Gasteiger partial charge in [-0.25, -0.2) is 22.9 Å². The molecule has 0 unspecified atom stereocenters. The van der Waals surface area contributed by atoms with Crippen molar-refractivity contribution in [3.8, 4) is 11.1 Å². The Labute approximate surface area is 202 Å². The molecular formula is C22H19FLiN5O3S. The van der Waals surface area contributed by atoms with Crippen LogP contribution in [0.4, 0.5) is 10.2 Å². The van der Waals surface area contributed by atoms with E-state index < -0.39 is 27.6 Å². The van der Waals surface area contributed by atoms with Crippen LogP contribution in [0.15, 0.2) is 77.6 Å². The number of nitrogens with zero attached hydrogens (tertiary/aromatic N) is 2. The normalized spacial score (nSPS) is 11.7. The number of nitrogens with one attached hydrogen (secondary N) is 1. The van der Waals surface area contributed by atoms with E-state index in [-0.39, 0.29) is 35.1 Å². The molecule has 0 bridgehead atoms. The first-order valence-electron chi connectivity index (χ1n) is 9.26. The number of carbonyl (C=O) groups excluding carboxylic acids is 1. The predicted molar refractivity (Wildman–Crippen MR) is 121 cm³/mol. The minimum absolute atomic E-state index is 0. The molecule has 3 aromatic rings. The molecule has 0 aliphatic carbocycles. The number of hydrogen-bond donors (Lipinski definition) is 3. The Hall–Kier alpha value is -3.29. The number of amides is 1. The van der Waals surface area contributed by atoms with Crippen LogP contribution in [0.5, 0.6) is 0 Å². The van der Waals surface area contributed by atoms with Crippen LogP contribution in [0.3, 0.4) is 0 Å². The quantitative estimate of drug-likeness (QED) is 0.205. The number of pyridine rings is 1. The molecule has 164 valence electrons. The second kappa shape index (κ2) is 10.5. The number of sulfonamides is 1. The van der Waals surface area contributed by atoms with E-state index in [2.05, 4.69) is 10.3 Å². The zero-order valence-electron chi connectivity index (χ0n) is 17.9. The first kappa shape index (κ1) is 26.0. The van der Waals surface area contributed by atoms with Crippen LogP contribution in [-0.2, 0) is 14.8 Å². The maximum absolute atomic E-state index is 14.7. The number of amidine groups is 1. The summed E-state index contributed by atoms with van der Waals surface area (Å²) in [5.41, 5.74) is 6.86. The van der Waals surface area contributed by atoms with Gasteiger partial charge in [-0.05, 0) is 47.9 Å². The largest absolute Gasteiger partial charge is 1.00 e. The summed E-state index contributed by atoms with van der Waals surface area (Å²) >= 11 is 0. The van der Waals surface area contributed by atoms with Crippen molar-refractivity contribution in [3.05, 3.63) is 89.2 Å². The predicted octanol–water partition coefficient (Wildman–Crippen LogP) is 0.0139. The van der Waals surface area contributed by atoms with Gasteiger partial charge >= 0.3 is 18.9 Å². The van der Waals surface area contributed by atoms with Gasteiger partial charge in [0.1, 0.15) is 5.82 Å². The van der Waals surface area contributed by atoms with Gasteiger partial charge < -0.3 is 16.5 Å². The second-order valence-corrected chi connectivity index (χ2v) is 8.36. The van der Waals surface area contributed by atoms with E-state index in [9.17, 15) is 23.0 Å². The van der Waals surface area contributed by atoms with Crippen LogP contribution in [-0.4, -0.2) is 25.1 Å². The molecular weight excluding hydrogens is 440 g/mol. The maximum atomic E-state index is 14.7. The van der Waals surface area contributed by atoms with Crippen LogP contribution in [0, 0.1) is 0 Å². The molecule has 33 heavy (non-hydrogen) atoms. The van der Waals surface area contributed by atoms with Gasteiger partial charge in [-0.2, -0.15) is 0 Å². The molecule has 0 aliphatic rings. The number of benzene rings is 2. The van der Waals surface area contributed by atoms with E-state index in [1.54, 1.807) is 36.4 Å². The van der Waals surface area contributed by atoms with Crippen molar-refractivity contribution in [1.82, 2.24) is 4.98 Å². The van der Waals surface area contributed by atoms with Crippen LogP contribution in [0.25, 0.3) is 22.1 Å². The van der Waals surface area contributed by atoms with Gasteiger partial charge in [0.2, 0.25) is 10.0 Å². The maximum Gasteiger partial charge on any atom is 1.00 e. The van der Waals surface area contributed by atoms with E-state index in [4.69, 9.17) is 10.9 Å². The van der Waals surface area contributed by atoms with Crippen molar-refractivity contribution >= 4 is 33.2 Å². The fourth-order valence-corrected chi connectivity index (χ4v) is 3.72. The van der Waals surface area contributed by atoms with Crippen molar-refractivity contribution in [2.75, 3.05) is 5.32 Å². The Morgan fingerprint density at radius 1 is 1.06 bits per heavy atom. The number of hydrogen-bond acceptors (Lipinski definition) is 4. The third kappa shape index (κ3) is 6.15. The van der Waals surface area contributed by atoms with E-state index in [0.29, 0.717) is 22.3 Å². The summed E-state index contributed by atoms with van der Waals surface area (Å²) in [4.78, 5) is 16.3. The summed E-state index contributed by atoms with van der Waals surface area (Å²) in [6.07, 6.45) is 1.34. The number of aromatic nitrogens is 1. The molecule has 0 saturated heterocycles. The molecule has 0 atom stereocenters. The number of primary sulfonamides is 1. The van der Waals surface area contributed by atoms with Crippen molar-refractivity contribution in [2.24, 2.45) is 10.9 Å². The number of allylic oxidation sites excluding steroid dienone is 1. The van der Waals surface area contributed by atoms with Gasteiger partial charge in [-0.15, -0.1) is 0 Å². The molecule has 2 aromatic carbocycles. The fraction of sp³-hybridized carbons (Fsp3) is 0.0455. The number of halogens is 1. The Morgan fingerprint density at radius 3 is 2.33 bits per heavy atom. The summed E-state index contributed by atoms with van der Waals surface area (Å²) in [6.45, 7) is 1.42. The Morgan fingerprint density at radius 2 is 1.73 bits per heavy atom. The second-order valence-electron chi connectivity index (χ2n) is 6.83. The van der Waals surface area contributed by atoms with Gasteiger partial charge in [0.15, 0.2) is 5.83 Å². The fourth-order valence-electron chi connectivity index (χ4n) is 2.96. The molecule has 5 N–H and O–H groups in total. The molecule has 11 heteroatoms. The number of nitrogens with two attached hydrogens (primary N) is 2. The zero-order valence-corrected chi connectivity index (χ0v) is 18.7. The topological polar surface area (TPSA) is 150 Å². The van der Waals surface area contributed by atoms with Crippen molar-refractivity contribution in [3.63, 3.8) is 0 Å². The van der Waals surface area contributed by atoms with Gasteiger partial charge in [0.05, 0.1) is 4.90 Å². The Bertz CT molecular complexity index is 1340. The van der Waals surface area contributed by atoms with Gasteiger partial charge in [0, 0.05) is 17.3 Å². The third-order valence-corrected chi connectivity index (χ3v) is 5.60.